The lowest BCUT2D eigenvalue weighted by molar-refractivity contribution is -0.203. The standard InChI is InChI=1S/C48H67N5O8S/c1-8-44(57)26-30-27-47(43(56)61-5,38-32(16-21-52(28-30)29-44)31-14-10-11-15-35(31)50-38)34-24-33-36(25-37(34)60-4)51(3)40-46(33)18-22-53-20-12-17-45(9-2,39(46)53)41(54)48(40,58)42(55)49-19-13-23-62(6,7)59/h10-12,14-15,17,24-25,30,39-41,50,54,57-58,62H,8-9,13,16,18-23,26-29H2,1-7H3,(H,49,55)/t30-,39+,40-,41-,44+,45-,46-,47+,48+/m1/s1. The monoisotopic (exact) mass is 873 g/mol. The molecule has 338 valence electrons. The third kappa shape index (κ3) is 6.06. The third-order valence-corrected chi connectivity index (χ3v) is 17.8. The van der Waals surface area contributed by atoms with Gasteiger partial charge >= 0.3 is 5.97 Å². The molecule has 5 aliphatic heterocycles. The molecule has 14 heteroatoms. The Morgan fingerprint density at radius 1 is 1.03 bits per heavy atom. The Hall–Kier alpha value is -3.79. The summed E-state index contributed by atoms with van der Waals surface area (Å²) in [4.78, 5) is 40.7. The fraction of sp³-hybridized carbons (Fsp3) is 0.625. The van der Waals surface area contributed by atoms with E-state index in [9.17, 15) is 24.3 Å². The van der Waals surface area contributed by atoms with Crippen molar-refractivity contribution in [2.24, 2.45) is 11.3 Å². The van der Waals surface area contributed by atoms with Gasteiger partial charge < -0.3 is 40.0 Å². The Bertz CT molecular complexity index is 2360. The van der Waals surface area contributed by atoms with Gasteiger partial charge in [0.1, 0.15) is 17.3 Å². The molecule has 0 radical (unpaired) electrons. The van der Waals surface area contributed by atoms with Gasteiger partial charge in [0.2, 0.25) is 0 Å². The summed E-state index contributed by atoms with van der Waals surface area (Å²) in [5, 5.41) is 42.2. The van der Waals surface area contributed by atoms with Crippen LogP contribution in [0.15, 0.2) is 48.6 Å². The molecule has 10 atom stereocenters. The van der Waals surface area contributed by atoms with E-state index in [2.05, 4.69) is 38.3 Å². The Balaban J connectivity index is 1.30. The number of para-hydroxylation sites is 1. The average Bonchev–Trinajstić information content (AvgIpc) is 3.91. The molecule has 2 saturated heterocycles. The first-order chi connectivity index (χ1) is 29.5. The fourth-order valence-corrected chi connectivity index (χ4v) is 14.8. The van der Waals surface area contributed by atoms with Crippen molar-refractivity contribution in [2.75, 3.05) is 83.7 Å². The van der Waals surface area contributed by atoms with Crippen molar-refractivity contribution < 1.29 is 38.6 Å². The fourth-order valence-electron chi connectivity index (χ4n) is 13.8. The summed E-state index contributed by atoms with van der Waals surface area (Å²) in [7, 11) is 2.60. The summed E-state index contributed by atoms with van der Waals surface area (Å²) in [5.74, 6) is -0.260. The molecule has 2 bridgehead atoms. The van der Waals surface area contributed by atoms with Gasteiger partial charge in [-0.1, -0.05) is 44.2 Å². The highest BCUT2D eigenvalue weighted by atomic mass is 32.2. The van der Waals surface area contributed by atoms with Crippen LogP contribution in [0, 0.1) is 11.3 Å². The number of anilines is 1. The highest BCUT2D eigenvalue weighted by molar-refractivity contribution is 8.01. The van der Waals surface area contributed by atoms with Crippen molar-refractivity contribution in [2.45, 2.75) is 99.0 Å². The van der Waals surface area contributed by atoms with Gasteiger partial charge in [0, 0.05) is 96.3 Å². The van der Waals surface area contributed by atoms with Gasteiger partial charge in [0.25, 0.3) is 5.91 Å². The molecule has 62 heavy (non-hydrogen) atoms. The van der Waals surface area contributed by atoms with Crippen LogP contribution in [-0.2, 0) is 41.5 Å². The van der Waals surface area contributed by atoms with Crippen LogP contribution in [0.4, 0.5) is 5.69 Å². The SMILES string of the molecule is CC[C@]1(O)C[C@H]2CN(CCc3c([nH]c4ccccc34)[C@@](C(=O)OC)(c3cc4c(cc3OC)N(C)[C@H]3[C@@](O)(C(=O)NCCC[SH](C)(C)=O)[C@H](O)[C@]5(CC)C=CCN6CC[C@]43[C@@H]65)C2)C1. The van der Waals surface area contributed by atoms with E-state index in [4.69, 9.17) is 9.47 Å². The van der Waals surface area contributed by atoms with Crippen LogP contribution >= 0.6 is 0 Å². The number of carbonyl (C=O) groups is 2. The number of fused-ring (bicyclic) bond motifs is 6. The molecule has 1 unspecified atom stereocenters. The number of H-pyrrole nitrogens is 1. The van der Waals surface area contributed by atoms with Gasteiger partial charge in [0.05, 0.1) is 25.9 Å². The van der Waals surface area contributed by atoms with E-state index in [0.717, 1.165) is 33.4 Å². The number of likely N-dealkylation sites (N-methyl/N-ethyl adjacent to an activating group) is 1. The normalized spacial score (nSPS) is 36.4. The number of hydrogen-bond acceptors (Lipinski definition) is 11. The van der Waals surface area contributed by atoms with Crippen molar-refractivity contribution in [3.05, 3.63) is 70.9 Å². The molecule has 3 fully saturated rings. The van der Waals surface area contributed by atoms with Crippen LogP contribution in [0.3, 0.4) is 0 Å². The van der Waals surface area contributed by atoms with Crippen LogP contribution in [0.1, 0.15) is 74.8 Å². The van der Waals surface area contributed by atoms with Crippen molar-refractivity contribution in [1.29, 1.82) is 0 Å². The lowest BCUT2D eigenvalue weighted by atomic mass is 9.47. The van der Waals surface area contributed by atoms with E-state index in [0.29, 0.717) is 94.7 Å². The summed E-state index contributed by atoms with van der Waals surface area (Å²) in [5.41, 5.74) is -1.50. The van der Waals surface area contributed by atoms with Gasteiger partial charge in [-0.25, -0.2) is 0 Å². The maximum absolute atomic E-state index is 15.4. The highest BCUT2D eigenvalue weighted by Crippen LogP contribution is 2.67. The van der Waals surface area contributed by atoms with E-state index in [1.54, 1.807) is 19.6 Å². The van der Waals surface area contributed by atoms with Crippen molar-refractivity contribution in [3.8, 4) is 5.75 Å². The molecule has 2 aromatic carbocycles. The van der Waals surface area contributed by atoms with Gasteiger partial charge in [-0.3, -0.25) is 23.6 Å². The zero-order valence-electron chi connectivity index (χ0n) is 37.5. The summed E-state index contributed by atoms with van der Waals surface area (Å²) < 4.78 is 24.9. The topological polar surface area (TPSA) is 168 Å². The second-order valence-electron chi connectivity index (χ2n) is 20.0. The molecule has 1 aliphatic carbocycles. The molecule has 6 aliphatic rings. The molecule has 13 nitrogen and oxygen atoms in total. The van der Waals surface area contributed by atoms with E-state index in [1.165, 1.54) is 7.11 Å². The van der Waals surface area contributed by atoms with Crippen LogP contribution in [-0.4, -0.2) is 154 Å². The number of hydrogen-bond donors (Lipinski definition) is 6. The number of ether oxygens (including phenoxy) is 2. The molecular formula is C48H67N5O8S. The smallest absolute Gasteiger partial charge is 0.322 e. The number of thiol groups is 1. The number of rotatable bonds is 10. The van der Waals surface area contributed by atoms with Crippen molar-refractivity contribution in [3.63, 3.8) is 0 Å². The lowest BCUT2D eigenvalue weighted by Crippen LogP contribution is -2.81. The number of aromatic nitrogens is 1. The minimum Gasteiger partial charge on any atom is -0.496 e. The number of benzene rings is 2. The molecule has 1 amide bonds. The first-order valence-corrected chi connectivity index (χ1v) is 25.5. The van der Waals surface area contributed by atoms with E-state index in [1.807, 2.05) is 56.1 Å². The number of aliphatic hydroxyl groups is 3. The number of carbonyl (C=O) groups excluding carboxylic acids is 2. The molecule has 3 aromatic rings. The Morgan fingerprint density at radius 2 is 1.81 bits per heavy atom. The Morgan fingerprint density at radius 3 is 2.52 bits per heavy atom. The number of amides is 1. The summed E-state index contributed by atoms with van der Waals surface area (Å²) >= 11 is 0. The molecule has 1 aromatic heterocycles. The maximum atomic E-state index is 15.4. The summed E-state index contributed by atoms with van der Waals surface area (Å²) in [6.45, 7) is 7.58. The third-order valence-electron chi connectivity index (χ3n) is 16.4. The van der Waals surface area contributed by atoms with E-state index < -0.39 is 61.4 Å². The van der Waals surface area contributed by atoms with E-state index >= 15 is 4.79 Å². The molecule has 1 spiro atoms. The van der Waals surface area contributed by atoms with Crippen LogP contribution < -0.4 is 15.0 Å². The highest BCUT2D eigenvalue weighted by Gasteiger charge is 2.78. The summed E-state index contributed by atoms with van der Waals surface area (Å²) in [6.07, 6.45) is 9.73. The second kappa shape index (κ2) is 15.2. The van der Waals surface area contributed by atoms with Crippen molar-refractivity contribution in [1.82, 2.24) is 20.1 Å². The number of aliphatic hydroxyl groups excluding tert-OH is 1. The maximum Gasteiger partial charge on any atom is 0.322 e. The first kappa shape index (κ1) is 43.5. The molecule has 6 heterocycles. The number of nitrogens with one attached hydrogen (secondary N) is 2. The number of aromatic amines is 1. The zero-order chi connectivity index (χ0) is 44.2. The van der Waals surface area contributed by atoms with Gasteiger partial charge in [-0.15, -0.1) is 9.93 Å². The largest absolute Gasteiger partial charge is 0.496 e. The summed E-state index contributed by atoms with van der Waals surface area (Å²) in [6, 6.07) is 11.1. The van der Waals surface area contributed by atoms with Crippen molar-refractivity contribution >= 4 is 38.4 Å². The zero-order valence-corrected chi connectivity index (χ0v) is 38.4. The van der Waals surface area contributed by atoms with E-state index in [-0.39, 0.29) is 18.5 Å². The molecule has 1 saturated carbocycles. The minimum absolute atomic E-state index is 0.0946. The number of piperidine rings is 1. The average molecular weight is 874 g/mol. The first-order valence-electron chi connectivity index (χ1n) is 22.7. The molecular weight excluding hydrogens is 807 g/mol. The van der Waals surface area contributed by atoms with Gasteiger partial charge in [-0.05, 0) is 93.2 Å². The number of nitrogens with zero attached hydrogens (tertiary/aromatic N) is 3. The quantitative estimate of drug-likeness (QED) is 0.0768. The second-order valence-corrected chi connectivity index (χ2v) is 23.6. The number of esters is 1. The van der Waals surface area contributed by atoms with Crippen LogP contribution in [0.25, 0.3) is 10.9 Å². The molecule has 9 rings (SSSR count). The minimum atomic E-state index is -2.34. The predicted octanol–water partition coefficient (Wildman–Crippen LogP) is 3.03. The lowest BCUT2D eigenvalue weighted by Gasteiger charge is -2.63. The Kier molecular flexibility index (Phi) is 10.6. The number of methoxy groups -OCH3 is 2. The predicted molar refractivity (Wildman–Crippen MR) is 243 cm³/mol. The van der Waals surface area contributed by atoms with Gasteiger partial charge in [-0.2, -0.15) is 0 Å². The molecule has 5 N–H and O–H groups in total. The van der Waals surface area contributed by atoms with Gasteiger partial charge in [0.15, 0.2) is 5.60 Å². The van der Waals surface area contributed by atoms with Crippen LogP contribution in [0.5, 0.6) is 5.75 Å². The Labute approximate surface area is 366 Å². The van der Waals surface area contributed by atoms with Crippen LogP contribution in [0.2, 0.25) is 0 Å².